The third-order valence-corrected chi connectivity index (χ3v) is 2.38. The van der Waals surface area contributed by atoms with Crippen molar-refractivity contribution in [2.24, 2.45) is 0 Å². The number of hydrogen-bond donors (Lipinski definition) is 0. The van der Waals surface area contributed by atoms with Crippen LogP contribution in [0.25, 0.3) is 11.1 Å². The van der Waals surface area contributed by atoms with E-state index in [4.69, 9.17) is 4.42 Å². The number of carbonyl (C=O) groups excluding carboxylic acids is 1. The number of benzene rings is 1. The third-order valence-electron chi connectivity index (χ3n) is 2.38. The van der Waals surface area contributed by atoms with Gasteiger partial charge in [-0.1, -0.05) is 0 Å². The molecule has 0 amide bonds. The van der Waals surface area contributed by atoms with Crippen LogP contribution in [-0.2, 0) is 4.79 Å². The normalized spacial score (nSPS) is 10.7. The Balaban J connectivity index is 2.34. The van der Waals surface area contributed by atoms with Crippen molar-refractivity contribution in [1.29, 1.82) is 0 Å². The number of fused-ring (bicyclic) bond motifs is 1. The first-order valence-electron chi connectivity index (χ1n) is 5.14. The molecule has 0 radical (unpaired) electrons. The lowest BCUT2D eigenvalue weighted by atomic mass is 10.2. The molecule has 0 N–H and O–H groups in total. The van der Waals surface area contributed by atoms with Crippen molar-refractivity contribution >= 4 is 22.6 Å². The number of anilines is 1. The van der Waals surface area contributed by atoms with E-state index in [1.54, 1.807) is 6.92 Å². The Morgan fingerprint density at radius 2 is 2.25 bits per heavy atom. The average molecular weight is 218 g/mol. The molecule has 4 heteroatoms. The van der Waals surface area contributed by atoms with Crippen molar-refractivity contribution in [2.45, 2.75) is 13.8 Å². The van der Waals surface area contributed by atoms with E-state index in [1.165, 1.54) is 0 Å². The van der Waals surface area contributed by atoms with Crippen LogP contribution in [0.3, 0.4) is 0 Å². The highest BCUT2D eigenvalue weighted by Crippen LogP contribution is 2.21. The monoisotopic (exact) mass is 218 g/mol. The molecule has 0 aliphatic heterocycles. The van der Waals surface area contributed by atoms with Gasteiger partial charge < -0.3 is 9.32 Å². The average Bonchev–Trinajstić information content (AvgIpc) is 2.55. The fourth-order valence-electron chi connectivity index (χ4n) is 1.69. The van der Waals surface area contributed by atoms with E-state index in [0.29, 0.717) is 12.4 Å². The van der Waals surface area contributed by atoms with E-state index < -0.39 is 0 Å². The summed E-state index contributed by atoms with van der Waals surface area (Å²) in [7, 11) is 1.88. The lowest BCUT2D eigenvalue weighted by molar-refractivity contribution is -0.115. The van der Waals surface area contributed by atoms with Gasteiger partial charge in [-0.3, -0.25) is 4.79 Å². The molecule has 2 rings (SSSR count). The van der Waals surface area contributed by atoms with Crippen LogP contribution in [-0.4, -0.2) is 24.4 Å². The second-order valence-electron chi connectivity index (χ2n) is 3.94. The number of aromatic nitrogens is 1. The molecule has 0 saturated carbocycles. The standard InChI is InChI=1S/C12H14N2O2/c1-8(15)7-14(3)10-4-5-11-12(6-10)16-9(2)13-11/h4-6H,7H2,1-3H3. The molecule has 1 aromatic heterocycles. The zero-order chi connectivity index (χ0) is 11.7. The molecule has 0 bridgehead atoms. The summed E-state index contributed by atoms with van der Waals surface area (Å²) in [6.45, 7) is 3.80. The second kappa shape index (κ2) is 3.96. The van der Waals surface area contributed by atoms with E-state index in [0.717, 1.165) is 16.8 Å². The summed E-state index contributed by atoms with van der Waals surface area (Å²) in [5.41, 5.74) is 2.56. The van der Waals surface area contributed by atoms with Gasteiger partial charge >= 0.3 is 0 Å². The predicted octanol–water partition coefficient (Wildman–Crippen LogP) is 2.16. The highest BCUT2D eigenvalue weighted by molar-refractivity contribution is 5.83. The van der Waals surface area contributed by atoms with Crippen LogP contribution in [0.15, 0.2) is 22.6 Å². The van der Waals surface area contributed by atoms with E-state index in [1.807, 2.05) is 37.1 Å². The Bertz CT molecular complexity index is 531. The third kappa shape index (κ3) is 2.05. The van der Waals surface area contributed by atoms with Crippen LogP contribution >= 0.6 is 0 Å². The summed E-state index contributed by atoms with van der Waals surface area (Å²) in [6, 6.07) is 5.74. The largest absolute Gasteiger partial charge is 0.441 e. The van der Waals surface area contributed by atoms with Crippen molar-refractivity contribution in [3.8, 4) is 0 Å². The van der Waals surface area contributed by atoms with Gasteiger partial charge in [0.05, 0.1) is 6.54 Å². The molecule has 0 unspecified atom stereocenters. The number of ketones is 1. The van der Waals surface area contributed by atoms with Crippen LogP contribution in [0.1, 0.15) is 12.8 Å². The van der Waals surface area contributed by atoms with Crippen molar-refractivity contribution < 1.29 is 9.21 Å². The molecule has 1 aromatic carbocycles. The van der Waals surface area contributed by atoms with Gasteiger partial charge in [0.1, 0.15) is 11.3 Å². The van der Waals surface area contributed by atoms with E-state index >= 15 is 0 Å². The summed E-state index contributed by atoms with van der Waals surface area (Å²) in [4.78, 5) is 17.1. The molecule has 1 heterocycles. The number of oxazole rings is 1. The van der Waals surface area contributed by atoms with Gasteiger partial charge in [0.15, 0.2) is 11.5 Å². The fourth-order valence-corrected chi connectivity index (χ4v) is 1.69. The van der Waals surface area contributed by atoms with Crippen molar-refractivity contribution in [1.82, 2.24) is 4.98 Å². The Hall–Kier alpha value is -1.84. The van der Waals surface area contributed by atoms with Crippen molar-refractivity contribution in [3.05, 3.63) is 24.1 Å². The summed E-state index contributed by atoms with van der Waals surface area (Å²) in [5, 5.41) is 0. The number of carbonyl (C=O) groups is 1. The van der Waals surface area contributed by atoms with Gasteiger partial charge in [0.2, 0.25) is 0 Å². The zero-order valence-electron chi connectivity index (χ0n) is 9.65. The lowest BCUT2D eigenvalue weighted by Crippen LogP contribution is -2.23. The topological polar surface area (TPSA) is 46.3 Å². The van der Waals surface area contributed by atoms with E-state index in [2.05, 4.69) is 4.98 Å². The maximum atomic E-state index is 11.0. The number of hydrogen-bond acceptors (Lipinski definition) is 4. The predicted molar refractivity (Wildman–Crippen MR) is 62.7 cm³/mol. The van der Waals surface area contributed by atoms with Gasteiger partial charge in [0.25, 0.3) is 0 Å². The molecule has 0 saturated heterocycles. The Morgan fingerprint density at radius 1 is 1.50 bits per heavy atom. The Labute approximate surface area is 93.9 Å². The van der Waals surface area contributed by atoms with Crippen LogP contribution in [0, 0.1) is 6.92 Å². The van der Waals surface area contributed by atoms with Crippen molar-refractivity contribution in [2.75, 3.05) is 18.5 Å². The fraction of sp³-hybridized carbons (Fsp3) is 0.333. The highest BCUT2D eigenvalue weighted by Gasteiger charge is 2.07. The number of aryl methyl sites for hydroxylation is 1. The SMILES string of the molecule is CC(=O)CN(C)c1ccc2nc(C)oc2c1. The van der Waals surface area contributed by atoms with Crippen LogP contribution in [0.5, 0.6) is 0 Å². The molecule has 4 nitrogen and oxygen atoms in total. The smallest absolute Gasteiger partial charge is 0.192 e. The second-order valence-corrected chi connectivity index (χ2v) is 3.94. The molecular formula is C12H14N2O2. The number of nitrogens with zero attached hydrogens (tertiary/aromatic N) is 2. The molecule has 84 valence electrons. The zero-order valence-corrected chi connectivity index (χ0v) is 9.65. The minimum Gasteiger partial charge on any atom is -0.441 e. The number of likely N-dealkylation sites (N-methyl/N-ethyl adjacent to an activating group) is 1. The summed E-state index contributed by atoms with van der Waals surface area (Å²) >= 11 is 0. The molecule has 0 spiro atoms. The minimum atomic E-state index is 0.136. The molecule has 0 aliphatic carbocycles. The summed E-state index contributed by atoms with van der Waals surface area (Å²) < 4.78 is 5.44. The summed E-state index contributed by atoms with van der Waals surface area (Å²) in [5.74, 6) is 0.790. The number of rotatable bonds is 3. The van der Waals surface area contributed by atoms with E-state index in [9.17, 15) is 4.79 Å². The number of Topliss-reactive ketones (excluding diaryl/α,β-unsaturated/α-hetero) is 1. The maximum Gasteiger partial charge on any atom is 0.192 e. The first-order chi connectivity index (χ1) is 7.56. The quantitative estimate of drug-likeness (QED) is 0.792. The maximum absolute atomic E-state index is 11.0. The molecule has 0 aliphatic rings. The molecule has 2 aromatic rings. The minimum absolute atomic E-state index is 0.136. The highest BCUT2D eigenvalue weighted by atomic mass is 16.3. The molecule has 0 fully saturated rings. The van der Waals surface area contributed by atoms with Crippen molar-refractivity contribution in [3.63, 3.8) is 0 Å². The molecule has 16 heavy (non-hydrogen) atoms. The Kier molecular flexibility index (Phi) is 2.64. The van der Waals surface area contributed by atoms with Gasteiger partial charge in [-0.05, 0) is 19.1 Å². The van der Waals surface area contributed by atoms with Gasteiger partial charge in [-0.15, -0.1) is 0 Å². The first-order valence-corrected chi connectivity index (χ1v) is 5.14. The van der Waals surface area contributed by atoms with Crippen LogP contribution < -0.4 is 4.90 Å². The van der Waals surface area contributed by atoms with Gasteiger partial charge in [0, 0.05) is 25.7 Å². The Morgan fingerprint density at radius 3 is 2.94 bits per heavy atom. The summed E-state index contributed by atoms with van der Waals surface area (Å²) in [6.07, 6.45) is 0. The van der Waals surface area contributed by atoms with Crippen LogP contribution in [0.2, 0.25) is 0 Å². The van der Waals surface area contributed by atoms with E-state index in [-0.39, 0.29) is 5.78 Å². The molecular weight excluding hydrogens is 204 g/mol. The first kappa shape index (κ1) is 10.7. The van der Waals surface area contributed by atoms with Crippen LogP contribution in [0.4, 0.5) is 5.69 Å². The molecule has 0 atom stereocenters. The van der Waals surface area contributed by atoms with Gasteiger partial charge in [-0.25, -0.2) is 4.98 Å². The van der Waals surface area contributed by atoms with Gasteiger partial charge in [-0.2, -0.15) is 0 Å². The lowest BCUT2D eigenvalue weighted by Gasteiger charge is -2.16.